The average molecular weight is 368 g/mol. The van der Waals surface area contributed by atoms with Crippen LogP contribution in [0, 0.1) is 0 Å². The molecule has 8 nitrogen and oxygen atoms in total. The largest absolute Gasteiger partial charge is 0.370 e. The van der Waals surface area contributed by atoms with E-state index in [1.807, 2.05) is 34.5 Å². The van der Waals surface area contributed by atoms with Gasteiger partial charge in [0.2, 0.25) is 0 Å². The average Bonchev–Trinajstić information content (AvgIpc) is 3.40. The third-order valence-electron chi connectivity index (χ3n) is 4.30. The van der Waals surface area contributed by atoms with Crippen molar-refractivity contribution in [2.45, 2.75) is 6.54 Å². The molecule has 0 bridgehead atoms. The van der Waals surface area contributed by atoms with Crippen molar-refractivity contribution < 1.29 is 0 Å². The van der Waals surface area contributed by atoms with Gasteiger partial charge in [0.15, 0.2) is 11.1 Å². The number of nitrogens with zero attached hydrogens (tertiary/aromatic N) is 7. The SMILES string of the molecule is NC(=NCc1ccnc(-n2ccnc2)c1)N1CCN(c2nccs2)CC1. The van der Waals surface area contributed by atoms with Gasteiger partial charge in [0, 0.05) is 56.3 Å². The quantitative estimate of drug-likeness (QED) is 0.553. The molecule has 0 amide bonds. The van der Waals surface area contributed by atoms with Gasteiger partial charge in [0.1, 0.15) is 12.1 Å². The van der Waals surface area contributed by atoms with Crippen LogP contribution in [-0.4, -0.2) is 56.6 Å². The highest BCUT2D eigenvalue weighted by molar-refractivity contribution is 7.13. The normalized spacial score (nSPS) is 15.5. The fraction of sp³-hybridized carbons (Fsp3) is 0.294. The minimum Gasteiger partial charge on any atom is -0.370 e. The Morgan fingerprint density at radius 3 is 2.77 bits per heavy atom. The molecule has 0 radical (unpaired) electrons. The van der Waals surface area contributed by atoms with E-state index in [1.165, 1.54) is 0 Å². The molecule has 3 aromatic rings. The molecule has 26 heavy (non-hydrogen) atoms. The Labute approximate surface area is 155 Å². The maximum absolute atomic E-state index is 6.21. The van der Waals surface area contributed by atoms with Crippen LogP contribution in [-0.2, 0) is 6.54 Å². The number of hydrogen-bond donors (Lipinski definition) is 1. The molecule has 0 atom stereocenters. The van der Waals surface area contributed by atoms with Crippen molar-refractivity contribution in [2.75, 3.05) is 31.1 Å². The van der Waals surface area contributed by atoms with Gasteiger partial charge in [0.05, 0.1) is 6.54 Å². The van der Waals surface area contributed by atoms with Gasteiger partial charge in [-0.2, -0.15) is 0 Å². The van der Waals surface area contributed by atoms with Gasteiger partial charge in [-0.15, -0.1) is 11.3 Å². The molecule has 1 fully saturated rings. The monoisotopic (exact) mass is 368 g/mol. The van der Waals surface area contributed by atoms with Gasteiger partial charge in [0.25, 0.3) is 0 Å². The Bertz CT molecular complexity index is 851. The van der Waals surface area contributed by atoms with Crippen LogP contribution in [0.5, 0.6) is 0 Å². The van der Waals surface area contributed by atoms with E-state index in [0.717, 1.165) is 42.7 Å². The summed E-state index contributed by atoms with van der Waals surface area (Å²) in [6.07, 6.45) is 8.95. The smallest absolute Gasteiger partial charge is 0.191 e. The predicted molar refractivity (Wildman–Crippen MR) is 103 cm³/mol. The molecular weight excluding hydrogens is 348 g/mol. The summed E-state index contributed by atoms with van der Waals surface area (Å²) in [5.74, 6) is 1.41. The van der Waals surface area contributed by atoms with E-state index in [9.17, 15) is 0 Å². The highest BCUT2D eigenvalue weighted by atomic mass is 32.1. The summed E-state index contributed by atoms with van der Waals surface area (Å²) in [6.45, 7) is 4.05. The molecule has 0 spiro atoms. The number of anilines is 1. The van der Waals surface area contributed by atoms with E-state index in [1.54, 1.807) is 30.1 Å². The van der Waals surface area contributed by atoms with Crippen LogP contribution in [0.3, 0.4) is 0 Å². The van der Waals surface area contributed by atoms with Crippen molar-refractivity contribution in [1.29, 1.82) is 0 Å². The van der Waals surface area contributed by atoms with Gasteiger partial charge >= 0.3 is 0 Å². The number of rotatable bonds is 4. The minimum absolute atomic E-state index is 0.531. The lowest BCUT2D eigenvalue weighted by atomic mass is 10.2. The molecule has 0 aromatic carbocycles. The molecule has 4 rings (SSSR count). The molecule has 2 N–H and O–H groups in total. The molecule has 4 heterocycles. The van der Waals surface area contributed by atoms with Crippen molar-refractivity contribution in [3.8, 4) is 5.82 Å². The summed E-state index contributed by atoms with van der Waals surface area (Å²) in [5.41, 5.74) is 7.27. The number of pyridine rings is 1. The third-order valence-corrected chi connectivity index (χ3v) is 5.13. The maximum atomic E-state index is 6.21. The lowest BCUT2D eigenvalue weighted by Gasteiger charge is -2.35. The van der Waals surface area contributed by atoms with Crippen LogP contribution in [0.1, 0.15) is 5.56 Å². The Balaban J connectivity index is 1.36. The molecule has 1 aliphatic rings. The van der Waals surface area contributed by atoms with Crippen molar-refractivity contribution in [3.05, 3.63) is 54.2 Å². The summed E-state index contributed by atoms with van der Waals surface area (Å²) in [6, 6.07) is 3.95. The molecule has 134 valence electrons. The zero-order valence-corrected chi connectivity index (χ0v) is 15.1. The summed E-state index contributed by atoms with van der Waals surface area (Å²) >= 11 is 1.67. The topological polar surface area (TPSA) is 88.5 Å². The van der Waals surface area contributed by atoms with E-state index in [2.05, 4.69) is 29.7 Å². The summed E-state index contributed by atoms with van der Waals surface area (Å²) in [7, 11) is 0. The number of imidazole rings is 1. The first-order chi connectivity index (χ1) is 12.8. The molecule has 1 saturated heterocycles. The van der Waals surface area contributed by atoms with Gasteiger partial charge in [-0.3, -0.25) is 4.57 Å². The molecule has 1 aliphatic heterocycles. The van der Waals surface area contributed by atoms with Gasteiger partial charge in [-0.25, -0.2) is 19.9 Å². The standard InChI is InChI=1S/C17H20N8S/c18-16(23-6-8-24(9-7-23)17-21-4-10-26-17)22-12-14-1-2-20-15(11-14)25-5-3-19-13-25/h1-5,10-11,13H,6-9,12H2,(H2,18,22). The van der Waals surface area contributed by atoms with Crippen LogP contribution >= 0.6 is 11.3 Å². The highest BCUT2D eigenvalue weighted by Gasteiger charge is 2.19. The van der Waals surface area contributed by atoms with E-state index < -0.39 is 0 Å². The molecule has 0 saturated carbocycles. The van der Waals surface area contributed by atoms with E-state index in [4.69, 9.17) is 5.73 Å². The fourth-order valence-electron chi connectivity index (χ4n) is 2.87. The second kappa shape index (κ2) is 7.52. The fourth-order valence-corrected chi connectivity index (χ4v) is 3.56. The minimum atomic E-state index is 0.531. The number of guanidine groups is 1. The van der Waals surface area contributed by atoms with Gasteiger partial charge in [-0.05, 0) is 17.7 Å². The number of nitrogens with two attached hydrogens (primary N) is 1. The molecule has 0 aliphatic carbocycles. The van der Waals surface area contributed by atoms with Crippen LogP contribution in [0.2, 0.25) is 0 Å². The molecular formula is C17H20N8S. The van der Waals surface area contributed by atoms with Crippen molar-refractivity contribution in [3.63, 3.8) is 0 Å². The van der Waals surface area contributed by atoms with Crippen molar-refractivity contribution in [1.82, 2.24) is 24.4 Å². The van der Waals surface area contributed by atoms with Crippen molar-refractivity contribution in [2.24, 2.45) is 10.7 Å². The van der Waals surface area contributed by atoms with Crippen LogP contribution in [0.4, 0.5) is 5.13 Å². The van der Waals surface area contributed by atoms with Crippen LogP contribution in [0.25, 0.3) is 5.82 Å². The molecule has 0 unspecified atom stereocenters. The molecule has 9 heteroatoms. The number of aromatic nitrogens is 4. The van der Waals surface area contributed by atoms with E-state index in [-0.39, 0.29) is 0 Å². The Morgan fingerprint density at radius 2 is 2.04 bits per heavy atom. The van der Waals surface area contributed by atoms with Gasteiger partial charge in [-0.1, -0.05) is 0 Å². The predicted octanol–water partition coefficient (Wildman–Crippen LogP) is 1.36. The first-order valence-corrected chi connectivity index (χ1v) is 9.30. The Hall–Kier alpha value is -2.94. The van der Waals surface area contributed by atoms with Gasteiger partial charge < -0.3 is 15.5 Å². The van der Waals surface area contributed by atoms with E-state index >= 15 is 0 Å². The van der Waals surface area contributed by atoms with Crippen LogP contribution < -0.4 is 10.6 Å². The first kappa shape index (κ1) is 16.5. The zero-order valence-electron chi connectivity index (χ0n) is 14.3. The Kier molecular flexibility index (Phi) is 4.78. The first-order valence-electron chi connectivity index (χ1n) is 8.42. The summed E-state index contributed by atoms with van der Waals surface area (Å²) in [5, 5.41) is 3.08. The maximum Gasteiger partial charge on any atom is 0.191 e. The number of piperazine rings is 1. The lowest BCUT2D eigenvalue weighted by molar-refractivity contribution is 0.380. The molecule has 3 aromatic heterocycles. The third kappa shape index (κ3) is 3.67. The number of thiazole rings is 1. The number of aliphatic imine (C=N–C) groups is 1. The second-order valence-electron chi connectivity index (χ2n) is 5.96. The lowest BCUT2D eigenvalue weighted by Crippen LogP contribution is -2.51. The summed E-state index contributed by atoms with van der Waals surface area (Å²) in [4.78, 5) is 21.7. The highest BCUT2D eigenvalue weighted by Crippen LogP contribution is 2.18. The number of hydrogen-bond acceptors (Lipinski definition) is 6. The Morgan fingerprint density at radius 1 is 1.15 bits per heavy atom. The van der Waals surface area contributed by atoms with E-state index in [0.29, 0.717) is 12.5 Å². The van der Waals surface area contributed by atoms with Crippen molar-refractivity contribution >= 4 is 22.4 Å². The zero-order chi connectivity index (χ0) is 17.8. The summed E-state index contributed by atoms with van der Waals surface area (Å²) < 4.78 is 1.87. The second-order valence-corrected chi connectivity index (χ2v) is 6.83. The van der Waals surface area contributed by atoms with Crippen LogP contribution in [0.15, 0.2) is 53.6 Å².